The van der Waals surface area contributed by atoms with Crippen LogP contribution in [-0.4, -0.2) is 25.1 Å². The molecule has 0 spiro atoms. The third-order valence-corrected chi connectivity index (χ3v) is 7.03. The van der Waals surface area contributed by atoms with Crippen molar-refractivity contribution < 1.29 is 13.2 Å². The Labute approximate surface area is 143 Å². The number of benzene rings is 2. The Kier molecular flexibility index (Phi) is 3.44. The molecule has 2 aromatic carbocycles. The smallest absolute Gasteiger partial charge is 0.243 e. The molecule has 1 heterocycles. The molecule has 0 amide bonds. The van der Waals surface area contributed by atoms with Gasteiger partial charge in [-0.1, -0.05) is 34.1 Å². The molecule has 4 rings (SSSR count). The summed E-state index contributed by atoms with van der Waals surface area (Å²) in [5, 5.41) is 0. The van der Waals surface area contributed by atoms with Gasteiger partial charge >= 0.3 is 0 Å². The van der Waals surface area contributed by atoms with Crippen LogP contribution in [0.3, 0.4) is 0 Å². The van der Waals surface area contributed by atoms with Crippen LogP contribution in [0.5, 0.6) is 0 Å². The molecule has 0 radical (unpaired) electrons. The van der Waals surface area contributed by atoms with Gasteiger partial charge in [0.05, 0.1) is 10.9 Å². The molecule has 1 aliphatic heterocycles. The fourth-order valence-corrected chi connectivity index (χ4v) is 5.38. The molecule has 1 unspecified atom stereocenters. The van der Waals surface area contributed by atoms with E-state index >= 15 is 0 Å². The fourth-order valence-electron chi connectivity index (χ4n) is 3.52. The van der Waals surface area contributed by atoms with Crippen molar-refractivity contribution in [3.05, 3.63) is 63.6 Å². The molecule has 2 aromatic rings. The van der Waals surface area contributed by atoms with E-state index in [4.69, 9.17) is 0 Å². The molecule has 1 aliphatic carbocycles. The van der Waals surface area contributed by atoms with Crippen molar-refractivity contribution in [3.8, 4) is 0 Å². The zero-order valence-corrected chi connectivity index (χ0v) is 14.6. The average Bonchev–Trinajstić information content (AvgIpc) is 2.87. The van der Waals surface area contributed by atoms with Crippen molar-refractivity contribution in [2.75, 3.05) is 6.54 Å². The third kappa shape index (κ3) is 2.28. The Hall–Kier alpha value is -1.50. The van der Waals surface area contributed by atoms with Crippen LogP contribution in [0, 0.1) is 0 Å². The lowest BCUT2D eigenvalue weighted by atomic mass is 9.95. The Morgan fingerprint density at radius 1 is 1.09 bits per heavy atom. The lowest BCUT2D eigenvalue weighted by Gasteiger charge is -2.33. The third-order valence-electron chi connectivity index (χ3n) is 4.58. The number of hydrogen-bond donors (Lipinski definition) is 0. The molecule has 118 valence electrons. The van der Waals surface area contributed by atoms with E-state index in [1.807, 2.05) is 12.1 Å². The van der Waals surface area contributed by atoms with Crippen molar-refractivity contribution in [1.82, 2.24) is 4.31 Å². The molecule has 23 heavy (non-hydrogen) atoms. The summed E-state index contributed by atoms with van der Waals surface area (Å²) < 4.78 is 28.3. The standard InChI is InChI=1S/C17H14BrNO3S/c18-12-4-6-13(7-5-12)23(21,22)19-9-8-11-2-1-3-14-16(20)10-15(19)17(11)14/h1-7,15H,8-10H2. The second-order valence-electron chi connectivity index (χ2n) is 5.84. The first-order valence-corrected chi connectivity index (χ1v) is 9.64. The number of carbonyl (C=O) groups is 1. The normalized spacial score (nSPS) is 20.6. The Balaban J connectivity index is 1.80. The zero-order valence-electron chi connectivity index (χ0n) is 12.2. The number of Topliss-reactive ketones (excluding diaryl/α,β-unsaturated/α-hetero) is 1. The van der Waals surface area contributed by atoms with Gasteiger partial charge in [-0.3, -0.25) is 4.79 Å². The lowest BCUT2D eigenvalue weighted by Crippen LogP contribution is -2.39. The SMILES string of the molecule is O=C1CC2c3c(cccc31)CCN2S(=O)(=O)c1ccc(Br)cc1. The summed E-state index contributed by atoms with van der Waals surface area (Å²) in [4.78, 5) is 12.5. The van der Waals surface area contributed by atoms with Gasteiger partial charge in [-0.05, 0) is 41.8 Å². The van der Waals surface area contributed by atoms with Gasteiger partial charge in [-0.15, -0.1) is 0 Å². The number of nitrogens with zero attached hydrogens (tertiary/aromatic N) is 1. The first kappa shape index (κ1) is 15.1. The minimum Gasteiger partial charge on any atom is -0.294 e. The maximum Gasteiger partial charge on any atom is 0.243 e. The van der Waals surface area contributed by atoms with Crippen LogP contribution in [0.1, 0.15) is 33.9 Å². The number of hydrogen-bond acceptors (Lipinski definition) is 3. The lowest BCUT2D eigenvalue weighted by molar-refractivity contribution is 0.0975. The summed E-state index contributed by atoms with van der Waals surface area (Å²) in [5.41, 5.74) is 2.69. The van der Waals surface area contributed by atoms with E-state index in [2.05, 4.69) is 15.9 Å². The van der Waals surface area contributed by atoms with Crippen molar-refractivity contribution in [2.24, 2.45) is 0 Å². The number of sulfonamides is 1. The van der Waals surface area contributed by atoms with Gasteiger partial charge in [0.1, 0.15) is 0 Å². The van der Waals surface area contributed by atoms with Gasteiger partial charge in [0.2, 0.25) is 10.0 Å². The summed E-state index contributed by atoms with van der Waals surface area (Å²) >= 11 is 3.32. The molecular formula is C17H14BrNO3S. The van der Waals surface area contributed by atoms with E-state index in [0.717, 1.165) is 15.6 Å². The minimum atomic E-state index is -3.61. The van der Waals surface area contributed by atoms with Crippen molar-refractivity contribution >= 4 is 31.7 Å². The van der Waals surface area contributed by atoms with Gasteiger partial charge < -0.3 is 0 Å². The maximum atomic E-state index is 13.0. The molecule has 0 fully saturated rings. The van der Waals surface area contributed by atoms with Crippen molar-refractivity contribution in [3.63, 3.8) is 0 Å². The van der Waals surface area contributed by atoms with E-state index in [9.17, 15) is 13.2 Å². The van der Waals surface area contributed by atoms with Gasteiger partial charge in [-0.25, -0.2) is 8.42 Å². The topological polar surface area (TPSA) is 54.5 Å². The highest BCUT2D eigenvalue weighted by Gasteiger charge is 2.43. The average molecular weight is 392 g/mol. The number of rotatable bonds is 2. The monoisotopic (exact) mass is 391 g/mol. The van der Waals surface area contributed by atoms with Gasteiger partial charge in [-0.2, -0.15) is 4.31 Å². The first-order valence-electron chi connectivity index (χ1n) is 7.41. The minimum absolute atomic E-state index is 0.0322. The zero-order chi connectivity index (χ0) is 16.2. The van der Waals surface area contributed by atoms with Crippen LogP contribution in [0.4, 0.5) is 0 Å². The number of carbonyl (C=O) groups excluding carboxylic acids is 1. The van der Waals surface area contributed by atoms with E-state index in [0.29, 0.717) is 18.5 Å². The van der Waals surface area contributed by atoms with Crippen LogP contribution in [-0.2, 0) is 16.4 Å². The first-order chi connectivity index (χ1) is 11.0. The van der Waals surface area contributed by atoms with E-state index in [-0.39, 0.29) is 23.1 Å². The molecule has 0 aromatic heterocycles. The second kappa shape index (κ2) is 5.26. The fraction of sp³-hybridized carbons (Fsp3) is 0.235. The highest BCUT2D eigenvalue weighted by atomic mass is 79.9. The summed E-state index contributed by atoms with van der Waals surface area (Å²) in [6.45, 7) is 0.410. The predicted octanol–water partition coefficient (Wildman–Crippen LogP) is 3.32. The molecule has 0 N–H and O–H groups in total. The van der Waals surface area contributed by atoms with Crippen LogP contribution >= 0.6 is 15.9 Å². The Bertz CT molecular complexity index is 906. The Morgan fingerprint density at radius 2 is 1.83 bits per heavy atom. The molecule has 6 heteroatoms. The molecule has 1 atom stereocenters. The summed E-state index contributed by atoms with van der Waals surface area (Å²) in [5.74, 6) is 0.0322. The van der Waals surface area contributed by atoms with E-state index < -0.39 is 10.0 Å². The Morgan fingerprint density at radius 3 is 2.57 bits per heavy atom. The predicted molar refractivity (Wildman–Crippen MR) is 89.9 cm³/mol. The highest BCUT2D eigenvalue weighted by molar-refractivity contribution is 9.10. The van der Waals surface area contributed by atoms with Gasteiger partial charge in [0, 0.05) is 23.0 Å². The van der Waals surface area contributed by atoms with E-state index in [1.54, 1.807) is 30.3 Å². The molecule has 2 aliphatic rings. The molecule has 0 saturated carbocycles. The van der Waals surface area contributed by atoms with Crippen LogP contribution in [0.15, 0.2) is 51.8 Å². The van der Waals surface area contributed by atoms with Crippen LogP contribution in [0.25, 0.3) is 0 Å². The maximum absolute atomic E-state index is 13.0. The van der Waals surface area contributed by atoms with Gasteiger partial charge in [0.15, 0.2) is 5.78 Å². The quantitative estimate of drug-likeness (QED) is 0.788. The number of halogens is 1. The van der Waals surface area contributed by atoms with Gasteiger partial charge in [0.25, 0.3) is 0 Å². The van der Waals surface area contributed by atoms with Crippen LogP contribution in [0.2, 0.25) is 0 Å². The van der Waals surface area contributed by atoms with Crippen LogP contribution < -0.4 is 0 Å². The summed E-state index contributed by atoms with van der Waals surface area (Å²) in [6.07, 6.45) is 0.880. The second-order valence-corrected chi connectivity index (χ2v) is 8.65. The molecule has 4 nitrogen and oxygen atoms in total. The van der Waals surface area contributed by atoms with Crippen molar-refractivity contribution in [1.29, 1.82) is 0 Å². The number of ketones is 1. The summed E-state index contributed by atoms with van der Waals surface area (Å²) in [6, 6.07) is 11.9. The van der Waals surface area contributed by atoms with Crippen molar-refractivity contribution in [2.45, 2.75) is 23.8 Å². The molecule has 0 bridgehead atoms. The molecule has 0 saturated heterocycles. The largest absolute Gasteiger partial charge is 0.294 e. The summed E-state index contributed by atoms with van der Waals surface area (Å²) in [7, 11) is -3.61. The van der Waals surface area contributed by atoms with E-state index in [1.165, 1.54) is 4.31 Å². The molecular weight excluding hydrogens is 378 g/mol. The highest BCUT2D eigenvalue weighted by Crippen LogP contribution is 2.43.